The third-order valence-corrected chi connectivity index (χ3v) is 5.58. The lowest BCUT2D eigenvalue weighted by molar-refractivity contribution is -0.157. The van der Waals surface area contributed by atoms with Gasteiger partial charge in [-0.1, -0.05) is 18.6 Å². The molecule has 26 heavy (non-hydrogen) atoms. The van der Waals surface area contributed by atoms with E-state index in [1.807, 2.05) is 0 Å². The first kappa shape index (κ1) is 18.7. The van der Waals surface area contributed by atoms with Crippen molar-refractivity contribution < 1.29 is 24.5 Å². The van der Waals surface area contributed by atoms with Crippen LogP contribution in [0.4, 0.5) is 0 Å². The normalized spacial score (nSPS) is 27.7. The molecule has 4 atom stereocenters. The first-order chi connectivity index (χ1) is 12.5. The Morgan fingerprint density at radius 2 is 2.00 bits per heavy atom. The minimum Gasteiger partial charge on any atom is -0.508 e. The van der Waals surface area contributed by atoms with E-state index in [0.29, 0.717) is 25.8 Å². The van der Waals surface area contributed by atoms with Gasteiger partial charge in [0.05, 0.1) is 6.10 Å². The predicted octanol–water partition coefficient (Wildman–Crippen LogP) is 2.27. The number of nitrogens with one attached hydrogen (secondary N) is 1. The van der Waals surface area contributed by atoms with Gasteiger partial charge in [-0.3, -0.25) is 9.59 Å². The standard InChI is InChI=1S/C20H27NO5/c22-14-7-5-13(6-8-14)12-21-19(24)4-2-1-3-15-16-9-10-20(25)26-18(16)11-17(15)23/h5-8,15-18,22-23H,1-4,9-12H2,(H,21,24)/t15?,16-,17-,18?/m1/s1. The van der Waals surface area contributed by atoms with Gasteiger partial charge < -0.3 is 20.3 Å². The summed E-state index contributed by atoms with van der Waals surface area (Å²) in [6.45, 7) is 0.454. The van der Waals surface area contributed by atoms with Gasteiger partial charge in [0.25, 0.3) is 0 Å². The van der Waals surface area contributed by atoms with E-state index < -0.39 is 6.10 Å². The monoisotopic (exact) mass is 361 g/mol. The summed E-state index contributed by atoms with van der Waals surface area (Å²) in [6.07, 6.45) is 4.27. The van der Waals surface area contributed by atoms with E-state index in [0.717, 1.165) is 31.2 Å². The van der Waals surface area contributed by atoms with Crippen molar-refractivity contribution in [2.45, 2.75) is 63.7 Å². The highest BCUT2D eigenvalue weighted by molar-refractivity contribution is 5.75. The van der Waals surface area contributed by atoms with E-state index in [4.69, 9.17) is 4.74 Å². The number of rotatable bonds is 7. The van der Waals surface area contributed by atoms with Crippen LogP contribution < -0.4 is 5.32 Å². The van der Waals surface area contributed by atoms with E-state index in [9.17, 15) is 19.8 Å². The van der Waals surface area contributed by atoms with Crippen molar-refractivity contribution in [1.29, 1.82) is 0 Å². The van der Waals surface area contributed by atoms with Crippen molar-refractivity contribution in [3.05, 3.63) is 29.8 Å². The molecule has 1 heterocycles. The fourth-order valence-corrected chi connectivity index (χ4v) is 4.17. The molecule has 3 N–H and O–H groups in total. The number of phenols is 1. The van der Waals surface area contributed by atoms with Crippen LogP contribution in [-0.2, 0) is 20.9 Å². The van der Waals surface area contributed by atoms with Crippen molar-refractivity contribution >= 4 is 11.9 Å². The highest BCUT2D eigenvalue weighted by atomic mass is 16.5. The summed E-state index contributed by atoms with van der Waals surface area (Å²) in [5.74, 6) is 0.516. The number of fused-ring (bicyclic) bond motifs is 1. The summed E-state index contributed by atoms with van der Waals surface area (Å²) >= 11 is 0. The largest absolute Gasteiger partial charge is 0.508 e. The molecular weight excluding hydrogens is 334 g/mol. The molecule has 1 aromatic carbocycles. The van der Waals surface area contributed by atoms with Gasteiger partial charge in [0.2, 0.25) is 5.91 Å². The molecule has 1 aliphatic heterocycles. The molecule has 1 saturated carbocycles. The third kappa shape index (κ3) is 4.75. The van der Waals surface area contributed by atoms with Gasteiger partial charge in [-0.05, 0) is 42.9 Å². The van der Waals surface area contributed by atoms with Gasteiger partial charge in [0.15, 0.2) is 0 Å². The molecule has 0 aromatic heterocycles. The van der Waals surface area contributed by atoms with Crippen LogP contribution in [-0.4, -0.2) is 34.3 Å². The molecule has 3 rings (SSSR count). The number of carbonyl (C=O) groups excluding carboxylic acids is 2. The molecule has 1 amide bonds. The topological polar surface area (TPSA) is 95.9 Å². The molecule has 2 aliphatic rings. The molecule has 6 nitrogen and oxygen atoms in total. The van der Waals surface area contributed by atoms with Crippen molar-refractivity contribution in [3.8, 4) is 5.75 Å². The molecule has 142 valence electrons. The molecule has 0 radical (unpaired) electrons. The van der Waals surface area contributed by atoms with Crippen LogP contribution in [0.2, 0.25) is 0 Å². The summed E-state index contributed by atoms with van der Waals surface area (Å²) in [5.41, 5.74) is 0.947. The number of amides is 1. The summed E-state index contributed by atoms with van der Waals surface area (Å²) in [5, 5.41) is 22.4. The summed E-state index contributed by atoms with van der Waals surface area (Å²) in [6, 6.07) is 6.77. The van der Waals surface area contributed by atoms with Crippen molar-refractivity contribution in [2.24, 2.45) is 11.8 Å². The highest BCUT2D eigenvalue weighted by Gasteiger charge is 2.46. The summed E-state index contributed by atoms with van der Waals surface area (Å²) in [4.78, 5) is 23.3. The smallest absolute Gasteiger partial charge is 0.306 e. The van der Waals surface area contributed by atoms with Gasteiger partial charge in [-0.25, -0.2) is 0 Å². The number of aliphatic hydroxyl groups is 1. The van der Waals surface area contributed by atoms with Crippen LogP contribution in [0.3, 0.4) is 0 Å². The van der Waals surface area contributed by atoms with Gasteiger partial charge in [-0.2, -0.15) is 0 Å². The Morgan fingerprint density at radius 3 is 2.77 bits per heavy atom. The zero-order valence-electron chi connectivity index (χ0n) is 14.9. The van der Waals surface area contributed by atoms with Crippen LogP contribution in [0, 0.1) is 11.8 Å². The van der Waals surface area contributed by atoms with Crippen LogP contribution in [0.25, 0.3) is 0 Å². The van der Waals surface area contributed by atoms with Crippen molar-refractivity contribution in [1.82, 2.24) is 5.32 Å². The Kier molecular flexibility index (Phi) is 6.14. The number of unbranched alkanes of at least 4 members (excludes halogenated alkanes) is 1. The molecule has 2 unspecified atom stereocenters. The predicted molar refractivity (Wildman–Crippen MR) is 95.1 cm³/mol. The zero-order chi connectivity index (χ0) is 18.5. The molecule has 1 aromatic rings. The molecule has 1 aliphatic carbocycles. The second-order valence-corrected chi connectivity index (χ2v) is 7.39. The molecule has 2 fully saturated rings. The van der Waals surface area contributed by atoms with Crippen LogP contribution in [0.1, 0.15) is 50.5 Å². The molecule has 6 heteroatoms. The minimum atomic E-state index is -0.403. The summed E-state index contributed by atoms with van der Waals surface area (Å²) < 4.78 is 5.36. The van der Waals surface area contributed by atoms with E-state index in [-0.39, 0.29) is 35.6 Å². The van der Waals surface area contributed by atoms with Crippen LogP contribution >= 0.6 is 0 Å². The minimum absolute atomic E-state index is 0.00881. The zero-order valence-corrected chi connectivity index (χ0v) is 14.9. The quantitative estimate of drug-likeness (QED) is 0.511. The van der Waals surface area contributed by atoms with Gasteiger partial charge in [0.1, 0.15) is 11.9 Å². The maximum Gasteiger partial charge on any atom is 0.306 e. The van der Waals surface area contributed by atoms with Crippen LogP contribution in [0.15, 0.2) is 24.3 Å². The second-order valence-electron chi connectivity index (χ2n) is 7.39. The molecular formula is C20H27NO5. The third-order valence-electron chi connectivity index (χ3n) is 5.58. The number of carbonyl (C=O) groups is 2. The molecule has 0 spiro atoms. The number of aromatic hydroxyl groups is 1. The number of aliphatic hydroxyl groups excluding tert-OH is 1. The van der Waals surface area contributed by atoms with Gasteiger partial charge in [-0.15, -0.1) is 0 Å². The highest BCUT2D eigenvalue weighted by Crippen LogP contribution is 2.42. The fraction of sp³-hybridized carbons (Fsp3) is 0.600. The SMILES string of the molecule is O=C(CCCCC1[C@H]2CCC(=O)OC2C[C@H]1O)NCc1ccc(O)cc1. The molecule has 0 bridgehead atoms. The first-order valence-electron chi connectivity index (χ1n) is 9.45. The van der Waals surface area contributed by atoms with E-state index in [2.05, 4.69) is 5.32 Å². The number of ether oxygens (including phenoxy) is 1. The molecule has 1 saturated heterocycles. The maximum atomic E-state index is 11.9. The maximum absolute atomic E-state index is 11.9. The Balaban J connectivity index is 1.34. The van der Waals surface area contributed by atoms with Gasteiger partial charge in [0, 0.05) is 31.7 Å². The average Bonchev–Trinajstić information content (AvgIpc) is 2.92. The Hall–Kier alpha value is -2.08. The van der Waals surface area contributed by atoms with E-state index in [1.165, 1.54) is 0 Å². The number of benzene rings is 1. The number of hydrogen-bond donors (Lipinski definition) is 3. The van der Waals surface area contributed by atoms with E-state index in [1.54, 1.807) is 24.3 Å². The average molecular weight is 361 g/mol. The second kappa shape index (κ2) is 8.54. The number of hydrogen-bond acceptors (Lipinski definition) is 5. The van der Waals surface area contributed by atoms with Crippen molar-refractivity contribution in [3.63, 3.8) is 0 Å². The Morgan fingerprint density at radius 1 is 1.23 bits per heavy atom. The Bertz CT molecular complexity index is 630. The van der Waals surface area contributed by atoms with Crippen LogP contribution in [0.5, 0.6) is 5.75 Å². The lowest BCUT2D eigenvalue weighted by atomic mass is 9.84. The number of esters is 1. The summed E-state index contributed by atoms with van der Waals surface area (Å²) in [7, 11) is 0. The lowest BCUT2D eigenvalue weighted by Gasteiger charge is -2.29. The van der Waals surface area contributed by atoms with Gasteiger partial charge >= 0.3 is 5.97 Å². The number of phenolic OH excluding ortho intramolecular Hbond substituents is 1. The fourth-order valence-electron chi connectivity index (χ4n) is 4.17. The van der Waals surface area contributed by atoms with E-state index >= 15 is 0 Å². The Labute approximate surface area is 153 Å². The first-order valence-corrected chi connectivity index (χ1v) is 9.45. The van der Waals surface area contributed by atoms with Crippen molar-refractivity contribution in [2.75, 3.05) is 0 Å². The lowest BCUT2D eigenvalue weighted by Crippen LogP contribution is -2.31.